The largest absolute Gasteiger partial charge is 0.494 e. The van der Waals surface area contributed by atoms with Crippen molar-refractivity contribution in [3.8, 4) is 5.75 Å². The standard InChI is InChI=1S/C17H19NO2/c1-3-20-15-10-8-14(9-11-15)12-17(19)18-16-7-5-4-6-13(16)2/h4-11H,3,12H2,1-2H3,(H,18,19). The molecule has 0 radical (unpaired) electrons. The maximum Gasteiger partial charge on any atom is 0.228 e. The molecule has 0 aliphatic carbocycles. The van der Waals surface area contributed by atoms with E-state index in [4.69, 9.17) is 4.74 Å². The lowest BCUT2D eigenvalue weighted by Gasteiger charge is -2.08. The molecule has 0 heterocycles. The SMILES string of the molecule is CCOc1ccc(CC(=O)Nc2ccccc2C)cc1. The van der Waals surface area contributed by atoms with E-state index >= 15 is 0 Å². The van der Waals surface area contributed by atoms with E-state index < -0.39 is 0 Å². The van der Waals surface area contributed by atoms with Crippen LogP contribution >= 0.6 is 0 Å². The van der Waals surface area contributed by atoms with Gasteiger partial charge in [0.25, 0.3) is 0 Å². The number of rotatable bonds is 5. The second-order valence-corrected chi connectivity index (χ2v) is 4.62. The molecule has 0 spiro atoms. The third-order valence-electron chi connectivity index (χ3n) is 3.02. The molecular formula is C17H19NO2. The van der Waals surface area contributed by atoms with E-state index in [1.54, 1.807) is 0 Å². The molecule has 2 aromatic carbocycles. The Kier molecular flexibility index (Phi) is 4.77. The number of hydrogen-bond donors (Lipinski definition) is 1. The first-order chi connectivity index (χ1) is 9.69. The van der Waals surface area contributed by atoms with Crippen molar-refractivity contribution in [1.29, 1.82) is 0 Å². The molecule has 2 rings (SSSR count). The lowest BCUT2D eigenvalue weighted by atomic mass is 10.1. The number of hydrogen-bond acceptors (Lipinski definition) is 2. The maximum atomic E-state index is 12.0. The minimum atomic E-state index is -0.0107. The number of para-hydroxylation sites is 1. The molecule has 0 saturated carbocycles. The van der Waals surface area contributed by atoms with Crippen molar-refractivity contribution in [2.45, 2.75) is 20.3 Å². The molecule has 0 atom stereocenters. The molecule has 0 unspecified atom stereocenters. The Bertz CT molecular complexity index is 576. The number of ether oxygens (including phenoxy) is 1. The quantitative estimate of drug-likeness (QED) is 0.901. The van der Waals surface area contributed by atoms with Crippen LogP contribution in [0.2, 0.25) is 0 Å². The first-order valence-electron chi connectivity index (χ1n) is 6.76. The monoisotopic (exact) mass is 269 g/mol. The van der Waals surface area contributed by atoms with Crippen molar-refractivity contribution in [2.75, 3.05) is 11.9 Å². The second-order valence-electron chi connectivity index (χ2n) is 4.62. The third-order valence-corrected chi connectivity index (χ3v) is 3.02. The van der Waals surface area contributed by atoms with Gasteiger partial charge in [-0.3, -0.25) is 4.79 Å². The molecule has 2 aromatic rings. The van der Waals surface area contributed by atoms with Gasteiger partial charge in [-0.1, -0.05) is 30.3 Å². The molecule has 1 amide bonds. The van der Waals surface area contributed by atoms with Gasteiger partial charge in [0.1, 0.15) is 5.75 Å². The number of anilines is 1. The highest BCUT2D eigenvalue weighted by Gasteiger charge is 2.05. The summed E-state index contributed by atoms with van der Waals surface area (Å²) in [5.74, 6) is 0.819. The minimum Gasteiger partial charge on any atom is -0.494 e. The first kappa shape index (κ1) is 14.1. The van der Waals surface area contributed by atoms with Gasteiger partial charge in [-0.15, -0.1) is 0 Å². The van der Waals surface area contributed by atoms with E-state index in [-0.39, 0.29) is 5.91 Å². The lowest BCUT2D eigenvalue weighted by molar-refractivity contribution is -0.115. The van der Waals surface area contributed by atoms with E-state index in [2.05, 4.69) is 5.32 Å². The Morgan fingerprint density at radius 1 is 1.10 bits per heavy atom. The molecule has 0 saturated heterocycles. The Hall–Kier alpha value is -2.29. The van der Waals surface area contributed by atoms with Crippen LogP contribution < -0.4 is 10.1 Å². The molecule has 0 fully saturated rings. The highest BCUT2D eigenvalue weighted by Crippen LogP contribution is 2.15. The van der Waals surface area contributed by atoms with Crippen molar-refractivity contribution in [1.82, 2.24) is 0 Å². The van der Waals surface area contributed by atoms with Crippen LogP contribution in [0.1, 0.15) is 18.1 Å². The fraction of sp³-hybridized carbons (Fsp3) is 0.235. The summed E-state index contributed by atoms with van der Waals surface area (Å²) in [4.78, 5) is 12.0. The highest BCUT2D eigenvalue weighted by atomic mass is 16.5. The van der Waals surface area contributed by atoms with Crippen LogP contribution in [0.4, 0.5) is 5.69 Å². The van der Waals surface area contributed by atoms with Crippen LogP contribution in [0, 0.1) is 6.92 Å². The van der Waals surface area contributed by atoms with Gasteiger partial charge in [-0.05, 0) is 43.2 Å². The topological polar surface area (TPSA) is 38.3 Å². The lowest BCUT2D eigenvalue weighted by Crippen LogP contribution is -2.15. The Balaban J connectivity index is 1.96. The Labute approximate surface area is 119 Å². The van der Waals surface area contributed by atoms with Crippen molar-refractivity contribution in [3.63, 3.8) is 0 Å². The van der Waals surface area contributed by atoms with Crippen molar-refractivity contribution >= 4 is 11.6 Å². The van der Waals surface area contributed by atoms with Crippen LogP contribution in [0.5, 0.6) is 5.75 Å². The normalized spacial score (nSPS) is 10.1. The predicted molar refractivity (Wildman–Crippen MR) is 81.1 cm³/mol. The highest BCUT2D eigenvalue weighted by molar-refractivity contribution is 5.92. The zero-order chi connectivity index (χ0) is 14.4. The van der Waals surface area contributed by atoms with E-state index in [0.29, 0.717) is 13.0 Å². The van der Waals surface area contributed by atoms with Crippen LogP contribution in [0.3, 0.4) is 0 Å². The molecule has 20 heavy (non-hydrogen) atoms. The molecule has 0 aliphatic heterocycles. The van der Waals surface area contributed by atoms with Crippen LogP contribution in [0.25, 0.3) is 0 Å². The average molecular weight is 269 g/mol. The fourth-order valence-corrected chi connectivity index (χ4v) is 1.96. The number of amides is 1. The molecule has 3 nitrogen and oxygen atoms in total. The maximum absolute atomic E-state index is 12.0. The van der Waals surface area contributed by atoms with Crippen LogP contribution in [-0.2, 0) is 11.2 Å². The minimum absolute atomic E-state index is 0.0107. The fourth-order valence-electron chi connectivity index (χ4n) is 1.96. The number of benzene rings is 2. The van der Waals surface area contributed by atoms with Gasteiger partial charge >= 0.3 is 0 Å². The molecule has 0 aromatic heterocycles. The van der Waals surface area contributed by atoms with Gasteiger partial charge in [-0.25, -0.2) is 0 Å². The summed E-state index contributed by atoms with van der Waals surface area (Å²) >= 11 is 0. The summed E-state index contributed by atoms with van der Waals surface area (Å²) in [6.07, 6.45) is 0.362. The van der Waals surface area contributed by atoms with Crippen molar-refractivity contribution in [2.24, 2.45) is 0 Å². The zero-order valence-electron chi connectivity index (χ0n) is 11.8. The molecular weight excluding hydrogens is 250 g/mol. The molecule has 1 N–H and O–H groups in total. The van der Waals surface area contributed by atoms with Crippen molar-refractivity contribution in [3.05, 3.63) is 59.7 Å². The van der Waals surface area contributed by atoms with Gasteiger partial charge in [0, 0.05) is 5.69 Å². The summed E-state index contributed by atoms with van der Waals surface area (Å²) < 4.78 is 5.38. The number of carbonyl (C=O) groups is 1. The van der Waals surface area contributed by atoms with E-state index in [1.165, 1.54) is 0 Å². The van der Waals surface area contributed by atoms with Gasteiger partial charge in [0.15, 0.2) is 0 Å². The Morgan fingerprint density at radius 2 is 1.80 bits per heavy atom. The van der Waals surface area contributed by atoms with Crippen molar-refractivity contribution < 1.29 is 9.53 Å². The summed E-state index contributed by atoms with van der Waals surface area (Å²) in [5.41, 5.74) is 2.90. The van der Waals surface area contributed by atoms with E-state index in [0.717, 1.165) is 22.6 Å². The van der Waals surface area contributed by atoms with Gasteiger partial charge in [-0.2, -0.15) is 0 Å². The van der Waals surface area contributed by atoms with Gasteiger partial charge in [0.2, 0.25) is 5.91 Å². The van der Waals surface area contributed by atoms with Gasteiger partial charge < -0.3 is 10.1 Å². The van der Waals surface area contributed by atoms with E-state index in [9.17, 15) is 4.79 Å². The van der Waals surface area contributed by atoms with Crippen LogP contribution in [0.15, 0.2) is 48.5 Å². The Morgan fingerprint density at radius 3 is 2.45 bits per heavy atom. The predicted octanol–water partition coefficient (Wildman–Crippen LogP) is 3.57. The number of carbonyl (C=O) groups excluding carboxylic acids is 1. The van der Waals surface area contributed by atoms with Crippen LogP contribution in [-0.4, -0.2) is 12.5 Å². The first-order valence-corrected chi connectivity index (χ1v) is 6.76. The number of aryl methyl sites for hydroxylation is 1. The smallest absolute Gasteiger partial charge is 0.228 e. The number of nitrogens with one attached hydrogen (secondary N) is 1. The van der Waals surface area contributed by atoms with E-state index in [1.807, 2.05) is 62.4 Å². The summed E-state index contributed by atoms with van der Waals surface area (Å²) in [5, 5.41) is 2.93. The molecule has 104 valence electrons. The average Bonchev–Trinajstić information content (AvgIpc) is 2.44. The summed E-state index contributed by atoms with van der Waals surface area (Å²) in [6, 6.07) is 15.4. The second kappa shape index (κ2) is 6.75. The van der Waals surface area contributed by atoms with Gasteiger partial charge in [0.05, 0.1) is 13.0 Å². The molecule has 3 heteroatoms. The molecule has 0 bridgehead atoms. The summed E-state index contributed by atoms with van der Waals surface area (Å²) in [6.45, 7) is 4.57. The zero-order valence-corrected chi connectivity index (χ0v) is 11.8. The summed E-state index contributed by atoms with van der Waals surface area (Å²) in [7, 11) is 0. The third kappa shape index (κ3) is 3.85. The molecule has 0 aliphatic rings.